The summed E-state index contributed by atoms with van der Waals surface area (Å²) in [5.74, 6) is 0.348. The largest absolute Gasteiger partial charge is 0.324 e. The topological polar surface area (TPSA) is 41.1 Å². The summed E-state index contributed by atoms with van der Waals surface area (Å²) in [6, 6.07) is 13.5. The molecule has 0 aliphatic heterocycles. The molecule has 3 nitrogen and oxygen atoms in total. The van der Waals surface area contributed by atoms with Crippen molar-refractivity contribution in [2.24, 2.45) is 0 Å². The zero-order chi connectivity index (χ0) is 17.7. The van der Waals surface area contributed by atoms with E-state index in [1.165, 1.54) is 5.56 Å². The van der Waals surface area contributed by atoms with Gasteiger partial charge in [0.2, 0.25) is 5.91 Å². The number of benzene rings is 2. The van der Waals surface area contributed by atoms with Crippen molar-refractivity contribution in [1.29, 1.82) is 0 Å². The van der Waals surface area contributed by atoms with Gasteiger partial charge in [-0.05, 0) is 42.2 Å². The van der Waals surface area contributed by atoms with E-state index in [9.17, 15) is 4.79 Å². The minimum absolute atomic E-state index is 0.0757. The van der Waals surface area contributed by atoms with Crippen molar-refractivity contribution in [2.75, 3.05) is 11.9 Å². The Morgan fingerprint density at radius 1 is 1.00 bits per heavy atom. The van der Waals surface area contributed by atoms with E-state index in [1.54, 1.807) is 18.2 Å². The Morgan fingerprint density at radius 2 is 1.62 bits per heavy atom. The normalized spacial score (nSPS) is 12.2. The van der Waals surface area contributed by atoms with Gasteiger partial charge >= 0.3 is 0 Å². The van der Waals surface area contributed by atoms with Crippen LogP contribution in [0.15, 0.2) is 42.5 Å². The molecular weight excluding hydrogens is 343 g/mol. The fourth-order valence-electron chi connectivity index (χ4n) is 2.32. The molecule has 0 heterocycles. The van der Waals surface area contributed by atoms with Gasteiger partial charge in [0, 0.05) is 11.1 Å². The van der Waals surface area contributed by atoms with E-state index in [1.807, 2.05) is 6.92 Å². The van der Waals surface area contributed by atoms with Crippen molar-refractivity contribution < 1.29 is 4.79 Å². The van der Waals surface area contributed by atoms with Crippen LogP contribution in [0.25, 0.3) is 0 Å². The summed E-state index contributed by atoms with van der Waals surface area (Å²) in [5.41, 5.74) is 2.97. The van der Waals surface area contributed by atoms with Gasteiger partial charge in [-0.1, -0.05) is 61.3 Å². The molecule has 0 saturated carbocycles. The van der Waals surface area contributed by atoms with Gasteiger partial charge in [0.05, 0.1) is 17.3 Å². The van der Waals surface area contributed by atoms with Gasteiger partial charge in [-0.2, -0.15) is 0 Å². The molecule has 24 heavy (non-hydrogen) atoms. The first-order valence-electron chi connectivity index (χ1n) is 7.95. The summed E-state index contributed by atoms with van der Waals surface area (Å²) in [6.07, 6.45) is 0. The zero-order valence-corrected chi connectivity index (χ0v) is 15.6. The third-order valence-corrected chi connectivity index (χ3v) is 4.44. The van der Waals surface area contributed by atoms with Gasteiger partial charge in [0.15, 0.2) is 0 Å². The van der Waals surface area contributed by atoms with E-state index in [0.29, 0.717) is 21.7 Å². The summed E-state index contributed by atoms with van der Waals surface area (Å²) in [7, 11) is 0. The molecule has 1 amide bonds. The summed E-state index contributed by atoms with van der Waals surface area (Å²) >= 11 is 12.0. The molecule has 0 spiro atoms. The summed E-state index contributed by atoms with van der Waals surface area (Å²) in [6.45, 7) is 6.56. The van der Waals surface area contributed by atoms with Gasteiger partial charge < -0.3 is 10.6 Å². The SMILES string of the molecule is CC(C)c1ccc(C(C)NCC(=O)Nc2cc(Cl)ccc2Cl)cc1. The summed E-state index contributed by atoms with van der Waals surface area (Å²) in [4.78, 5) is 12.1. The molecule has 0 bridgehead atoms. The highest BCUT2D eigenvalue weighted by atomic mass is 35.5. The van der Waals surface area contributed by atoms with Crippen LogP contribution in [0.3, 0.4) is 0 Å². The van der Waals surface area contributed by atoms with Gasteiger partial charge in [-0.15, -0.1) is 0 Å². The molecule has 0 saturated heterocycles. The summed E-state index contributed by atoms with van der Waals surface area (Å²) < 4.78 is 0. The van der Waals surface area contributed by atoms with Crippen LogP contribution >= 0.6 is 23.2 Å². The number of nitrogens with one attached hydrogen (secondary N) is 2. The molecule has 2 aromatic rings. The van der Waals surface area contributed by atoms with Crippen molar-refractivity contribution in [3.63, 3.8) is 0 Å². The first-order chi connectivity index (χ1) is 11.4. The maximum absolute atomic E-state index is 12.1. The monoisotopic (exact) mass is 364 g/mol. The van der Waals surface area contributed by atoms with E-state index in [2.05, 4.69) is 48.7 Å². The lowest BCUT2D eigenvalue weighted by Gasteiger charge is -2.15. The van der Waals surface area contributed by atoms with E-state index in [-0.39, 0.29) is 18.5 Å². The molecule has 1 unspecified atom stereocenters. The second-order valence-electron chi connectivity index (χ2n) is 6.10. The second-order valence-corrected chi connectivity index (χ2v) is 6.94. The predicted octanol–water partition coefficient (Wildman–Crippen LogP) is 5.41. The van der Waals surface area contributed by atoms with E-state index < -0.39 is 0 Å². The van der Waals surface area contributed by atoms with Crippen LogP contribution in [-0.2, 0) is 4.79 Å². The zero-order valence-electron chi connectivity index (χ0n) is 14.1. The molecule has 0 radical (unpaired) electrons. The molecule has 128 valence electrons. The first-order valence-corrected chi connectivity index (χ1v) is 8.70. The lowest BCUT2D eigenvalue weighted by Crippen LogP contribution is -2.30. The highest BCUT2D eigenvalue weighted by Crippen LogP contribution is 2.25. The van der Waals surface area contributed by atoms with Gasteiger partial charge in [-0.3, -0.25) is 4.79 Å². The molecule has 0 aliphatic rings. The number of carbonyl (C=O) groups excluding carboxylic acids is 1. The van der Waals surface area contributed by atoms with Crippen LogP contribution in [0, 0.1) is 0 Å². The number of amides is 1. The number of rotatable bonds is 6. The van der Waals surface area contributed by atoms with Crippen molar-refractivity contribution in [1.82, 2.24) is 5.32 Å². The molecule has 0 fully saturated rings. The molecule has 5 heteroatoms. The van der Waals surface area contributed by atoms with Crippen LogP contribution < -0.4 is 10.6 Å². The molecule has 2 aromatic carbocycles. The number of carbonyl (C=O) groups is 1. The molecule has 2 N–H and O–H groups in total. The van der Waals surface area contributed by atoms with Crippen LogP contribution in [0.2, 0.25) is 10.0 Å². The van der Waals surface area contributed by atoms with Crippen molar-refractivity contribution in [3.05, 3.63) is 63.6 Å². The number of anilines is 1. The Hall–Kier alpha value is -1.55. The highest BCUT2D eigenvalue weighted by Gasteiger charge is 2.10. The Kier molecular flexibility index (Phi) is 6.67. The molecule has 2 rings (SSSR count). The predicted molar refractivity (Wildman–Crippen MR) is 102 cm³/mol. The van der Waals surface area contributed by atoms with E-state index in [4.69, 9.17) is 23.2 Å². The van der Waals surface area contributed by atoms with E-state index >= 15 is 0 Å². The smallest absolute Gasteiger partial charge is 0.238 e. The van der Waals surface area contributed by atoms with Gasteiger partial charge in [0.1, 0.15) is 0 Å². The van der Waals surface area contributed by atoms with Crippen LogP contribution in [-0.4, -0.2) is 12.5 Å². The van der Waals surface area contributed by atoms with Crippen LogP contribution in [0.4, 0.5) is 5.69 Å². The van der Waals surface area contributed by atoms with Crippen molar-refractivity contribution in [2.45, 2.75) is 32.7 Å². The van der Waals surface area contributed by atoms with Gasteiger partial charge in [0.25, 0.3) is 0 Å². The maximum atomic E-state index is 12.1. The molecule has 0 aliphatic carbocycles. The third-order valence-electron chi connectivity index (χ3n) is 3.87. The minimum Gasteiger partial charge on any atom is -0.324 e. The Morgan fingerprint density at radius 3 is 2.25 bits per heavy atom. The van der Waals surface area contributed by atoms with Crippen molar-refractivity contribution in [3.8, 4) is 0 Å². The Labute approximate surface area is 153 Å². The minimum atomic E-state index is -0.162. The quantitative estimate of drug-likeness (QED) is 0.719. The Bertz CT molecular complexity index is 699. The highest BCUT2D eigenvalue weighted by molar-refractivity contribution is 6.35. The van der Waals surface area contributed by atoms with Gasteiger partial charge in [-0.25, -0.2) is 0 Å². The number of halogens is 2. The average Bonchev–Trinajstić information content (AvgIpc) is 2.56. The molecule has 1 atom stereocenters. The third kappa shape index (κ3) is 5.23. The molecule has 0 aromatic heterocycles. The van der Waals surface area contributed by atoms with E-state index in [0.717, 1.165) is 5.56 Å². The first kappa shape index (κ1) is 18.8. The van der Waals surface area contributed by atoms with Crippen LogP contribution in [0.5, 0.6) is 0 Å². The van der Waals surface area contributed by atoms with Crippen LogP contribution in [0.1, 0.15) is 43.9 Å². The fraction of sp³-hybridized carbons (Fsp3) is 0.316. The standard InChI is InChI=1S/C19H22Cl2N2O/c1-12(2)14-4-6-15(7-5-14)13(3)22-11-19(24)23-18-10-16(20)8-9-17(18)21/h4-10,12-13,22H,11H2,1-3H3,(H,23,24). The van der Waals surface area contributed by atoms with Crippen molar-refractivity contribution >= 4 is 34.8 Å². The maximum Gasteiger partial charge on any atom is 0.238 e. The second kappa shape index (κ2) is 8.52. The number of hydrogen-bond acceptors (Lipinski definition) is 2. The molecular formula is C19H22Cl2N2O. The fourth-order valence-corrected chi connectivity index (χ4v) is 2.66. The lowest BCUT2D eigenvalue weighted by molar-refractivity contribution is -0.115. The lowest BCUT2D eigenvalue weighted by atomic mass is 9.99. The summed E-state index contributed by atoms with van der Waals surface area (Å²) in [5, 5.41) is 6.97. The number of hydrogen-bond donors (Lipinski definition) is 2. The Balaban J connectivity index is 1.90. The average molecular weight is 365 g/mol.